The number of hydrogen-bond acceptors (Lipinski definition) is 8. The van der Waals surface area contributed by atoms with Gasteiger partial charge in [0.25, 0.3) is 17.7 Å². The Labute approximate surface area is 265 Å². The summed E-state index contributed by atoms with van der Waals surface area (Å²) in [7, 11) is 0. The molecule has 0 bridgehead atoms. The topological polar surface area (TPSA) is 151 Å². The first-order valence-electron chi connectivity index (χ1n) is 14.6. The van der Waals surface area contributed by atoms with Crippen molar-refractivity contribution in [2.75, 3.05) is 31.1 Å². The molecular weight excluding hydrogens is 642 g/mol. The van der Waals surface area contributed by atoms with Crippen LogP contribution >= 0.6 is 15.9 Å². The summed E-state index contributed by atoms with van der Waals surface area (Å²) < 4.78 is 2.26. The van der Waals surface area contributed by atoms with Gasteiger partial charge in [-0.05, 0) is 70.4 Å². The SMILES string of the molecule is NC(=O)c1cccc2cn(-c3ccc(N4CCN(Cc5cc(Br)c6c(c5)C(=O)N(C5CCC(=O)NC5=O)C6=O)CC4)cc3)nc12. The lowest BCUT2D eigenvalue weighted by atomic mass is 10.0. The predicted molar refractivity (Wildman–Crippen MR) is 168 cm³/mol. The first-order valence-corrected chi connectivity index (χ1v) is 15.4. The number of nitrogens with one attached hydrogen (secondary N) is 1. The molecule has 3 aliphatic rings. The third-order valence-electron chi connectivity index (χ3n) is 8.61. The molecule has 4 heterocycles. The van der Waals surface area contributed by atoms with E-state index in [1.807, 2.05) is 30.5 Å². The number of nitrogens with two attached hydrogens (primary N) is 1. The van der Waals surface area contributed by atoms with Crippen molar-refractivity contribution < 1.29 is 24.0 Å². The fourth-order valence-corrected chi connectivity index (χ4v) is 6.99. The van der Waals surface area contributed by atoms with Crippen LogP contribution in [0, 0.1) is 0 Å². The maximum absolute atomic E-state index is 13.3. The quantitative estimate of drug-likeness (QED) is 0.298. The number of anilines is 1. The van der Waals surface area contributed by atoms with E-state index in [-0.39, 0.29) is 24.0 Å². The number of piperazine rings is 1. The van der Waals surface area contributed by atoms with Crippen molar-refractivity contribution in [3.63, 3.8) is 0 Å². The number of rotatable bonds is 6. The Bertz CT molecular complexity index is 1910. The summed E-state index contributed by atoms with van der Waals surface area (Å²) in [6.45, 7) is 3.80. The molecular formula is C32H28BrN7O5. The molecule has 3 aliphatic heterocycles. The number of fused-ring (bicyclic) bond motifs is 2. The third kappa shape index (κ3) is 5.17. The predicted octanol–water partition coefficient (Wildman–Crippen LogP) is 2.61. The van der Waals surface area contributed by atoms with E-state index in [1.165, 1.54) is 0 Å². The Balaban J connectivity index is 1.00. The second-order valence-corrected chi connectivity index (χ2v) is 12.3. The third-order valence-corrected chi connectivity index (χ3v) is 9.24. The highest BCUT2D eigenvalue weighted by molar-refractivity contribution is 9.10. The zero-order valence-corrected chi connectivity index (χ0v) is 25.6. The minimum Gasteiger partial charge on any atom is -0.369 e. The number of carbonyl (C=O) groups is 5. The van der Waals surface area contributed by atoms with E-state index >= 15 is 0 Å². The number of piperidine rings is 1. The Morgan fingerprint density at radius 2 is 1.69 bits per heavy atom. The molecule has 3 N–H and O–H groups in total. The van der Waals surface area contributed by atoms with Gasteiger partial charge < -0.3 is 10.6 Å². The monoisotopic (exact) mass is 669 g/mol. The Morgan fingerprint density at radius 3 is 2.40 bits per heavy atom. The zero-order valence-electron chi connectivity index (χ0n) is 24.0. The van der Waals surface area contributed by atoms with E-state index in [9.17, 15) is 24.0 Å². The number of benzene rings is 3. The molecule has 1 atom stereocenters. The lowest BCUT2D eigenvalue weighted by Gasteiger charge is -2.36. The molecule has 7 rings (SSSR count). The van der Waals surface area contributed by atoms with Crippen molar-refractivity contribution in [2.45, 2.75) is 25.4 Å². The molecule has 13 heteroatoms. The largest absolute Gasteiger partial charge is 0.369 e. The number of primary amides is 1. The summed E-state index contributed by atoms with van der Waals surface area (Å²) in [5.41, 5.74) is 9.84. The van der Waals surface area contributed by atoms with Gasteiger partial charge in [0.2, 0.25) is 11.8 Å². The lowest BCUT2D eigenvalue weighted by Crippen LogP contribution is -2.54. The van der Waals surface area contributed by atoms with Crippen LogP contribution in [0.3, 0.4) is 0 Å². The normalized spacial score (nSPS) is 18.9. The first-order chi connectivity index (χ1) is 21.7. The standard InChI is InChI=1S/C32H28BrN7O5/c33-24-15-18(14-23-27(24)32(45)40(31(23)44)25-8-9-26(41)35-30(25)43)16-37-10-12-38(13-11-37)20-4-6-21(7-5-20)39-17-19-2-1-3-22(29(34)42)28(19)36-39/h1-7,14-15,17,25H,8-13,16H2,(H2,34,42)(H,35,41,43). The van der Waals surface area contributed by atoms with E-state index in [2.05, 4.69) is 48.3 Å². The molecule has 12 nitrogen and oxygen atoms in total. The second-order valence-electron chi connectivity index (χ2n) is 11.4. The molecule has 5 amide bonds. The van der Waals surface area contributed by atoms with Crippen LogP contribution in [0.15, 0.2) is 65.3 Å². The highest BCUT2D eigenvalue weighted by Crippen LogP contribution is 2.34. The van der Waals surface area contributed by atoms with Crippen LogP contribution in [0.25, 0.3) is 16.6 Å². The summed E-state index contributed by atoms with van der Waals surface area (Å²) in [5.74, 6) is -2.59. The van der Waals surface area contributed by atoms with Crippen LogP contribution in [0.2, 0.25) is 0 Å². The van der Waals surface area contributed by atoms with Crippen molar-refractivity contribution >= 4 is 62.1 Å². The average molecular weight is 671 g/mol. The second kappa shape index (κ2) is 11.2. The van der Waals surface area contributed by atoms with Crippen molar-refractivity contribution in [3.8, 4) is 5.69 Å². The fourth-order valence-electron chi connectivity index (χ4n) is 6.31. The first kappa shape index (κ1) is 28.9. The summed E-state index contributed by atoms with van der Waals surface area (Å²) in [5, 5.41) is 7.65. The zero-order chi connectivity index (χ0) is 31.4. The van der Waals surface area contributed by atoms with Gasteiger partial charge in [-0.25, -0.2) is 4.68 Å². The molecule has 4 aromatic rings. The Hall–Kier alpha value is -4.88. The van der Waals surface area contributed by atoms with E-state index in [0.29, 0.717) is 22.1 Å². The smallest absolute Gasteiger partial charge is 0.263 e. The lowest BCUT2D eigenvalue weighted by molar-refractivity contribution is -0.136. The van der Waals surface area contributed by atoms with Crippen molar-refractivity contribution in [2.24, 2.45) is 5.73 Å². The molecule has 0 radical (unpaired) electrons. The molecule has 0 saturated carbocycles. The number of nitrogens with zero attached hydrogens (tertiary/aromatic N) is 5. The molecule has 1 unspecified atom stereocenters. The van der Waals surface area contributed by atoms with Gasteiger partial charge in [-0.15, -0.1) is 0 Å². The number of amides is 5. The summed E-state index contributed by atoms with van der Waals surface area (Å²) in [6.07, 6.45) is 2.07. The van der Waals surface area contributed by atoms with Gasteiger partial charge in [0.15, 0.2) is 0 Å². The van der Waals surface area contributed by atoms with Crippen molar-refractivity contribution in [1.29, 1.82) is 0 Å². The average Bonchev–Trinajstić information content (AvgIpc) is 3.57. The van der Waals surface area contributed by atoms with E-state index in [4.69, 9.17) is 5.73 Å². The summed E-state index contributed by atoms with van der Waals surface area (Å²) >= 11 is 3.48. The summed E-state index contributed by atoms with van der Waals surface area (Å²) in [4.78, 5) is 67.8. The molecule has 228 valence electrons. The van der Waals surface area contributed by atoms with Crippen LogP contribution < -0.4 is 16.0 Å². The number of halogens is 1. The van der Waals surface area contributed by atoms with Gasteiger partial charge in [0, 0.05) is 60.9 Å². The maximum atomic E-state index is 13.3. The Kier molecular flexibility index (Phi) is 7.21. The minimum absolute atomic E-state index is 0.0766. The molecule has 0 spiro atoms. The van der Waals surface area contributed by atoms with Gasteiger partial charge in [0.05, 0.1) is 22.4 Å². The van der Waals surface area contributed by atoms with Crippen LogP contribution in [0.5, 0.6) is 0 Å². The number of carbonyl (C=O) groups excluding carboxylic acids is 5. The van der Waals surface area contributed by atoms with Gasteiger partial charge in [-0.1, -0.05) is 12.1 Å². The van der Waals surface area contributed by atoms with E-state index < -0.39 is 35.6 Å². The van der Waals surface area contributed by atoms with Gasteiger partial charge in [-0.3, -0.25) is 39.1 Å². The molecule has 3 aromatic carbocycles. The minimum atomic E-state index is -0.999. The van der Waals surface area contributed by atoms with E-state index in [0.717, 1.165) is 53.4 Å². The fraction of sp³-hybridized carbons (Fsp3) is 0.250. The number of hydrogen-bond donors (Lipinski definition) is 2. The maximum Gasteiger partial charge on any atom is 0.263 e. The van der Waals surface area contributed by atoms with Crippen LogP contribution in [0.1, 0.15) is 49.5 Å². The number of aromatic nitrogens is 2. The molecule has 2 fully saturated rings. The molecule has 45 heavy (non-hydrogen) atoms. The number of imide groups is 2. The van der Waals surface area contributed by atoms with Crippen molar-refractivity contribution in [3.05, 3.63) is 87.5 Å². The molecule has 1 aromatic heterocycles. The molecule has 2 saturated heterocycles. The van der Waals surface area contributed by atoms with Gasteiger partial charge in [0.1, 0.15) is 11.6 Å². The van der Waals surface area contributed by atoms with Gasteiger partial charge >= 0.3 is 0 Å². The molecule has 0 aliphatic carbocycles. The highest BCUT2D eigenvalue weighted by atomic mass is 79.9. The van der Waals surface area contributed by atoms with Crippen molar-refractivity contribution in [1.82, 2.24) is 24.9 Å². The van der Waals surface area contributed by atoms with Gasteiger partial charge in [-0.2, -0.15) is 5.10 Å². The van der Waals surface area contributed by atoms with E-state index in [1.54, 1.807) is 22.9 Å². The Morgan fingerprint density at radius 1 is 0.956 bits per heavy atom. The highest BCUT2D eigenvalue weighted by Gasteiger charge is 2.45. The van der Waals surface area contributed by atoms with Crippen LogP contribution in [-0.2, 0) is 16.1 Å². The summed E-state index contributed by atoms with van der Waals surface area (Å²) in [6, 6.07) is 16.1. The van der Waals surface area contributed by atoms with Crippen LogP contribution in [0.4, 0.5) is 5.69 Å². The van der Waals surface area contributed by atoms with Crippen LogP contribution in [-0.4, -0.2) is 81.3 Å².